The number of carbonyl (C=O) groups excluding carboxylic acids is 1. The highest BCUT2D eigenvalue weighted by atomic mass is 32.1. The quantitative estimate of drug-likeness (QED) is 0.482. The summed E-state index contributed by atoms with van der Waals surface area (Å²) in [6, 6.07) is 0. The Kier molecular flexibility index (Phi) is 8.99. The Morgan fingerprint density at radius 3 is 2.53 bits per heavy atom. The van der Waals surface area contributed by atoms with E-state index in [1.165, 1.54) is 0 Å². The van der Waals surface area contributed by atoms with Crippen molar-refractivity contribution in [2.75, 3.05) is 27.2 Å². The van der Waals surface area contributed by atoms with Crippen molar-refractivity contribution in [1.82, 2.24) is 10.2 Å². The standard InChI is InChI=1S/C12H25N3OS/c1-4-7-10(11(13)17)12(16)14-8-5-6-9-15(2)3/h10H,4-9H2,1-3H3,(H2,13,17)(H,14,16). The van der Waals surface area contributed by atoms with Gasteiger partial charge in [-0.3, -0.25) is 4.79 Å². The molecule has 0 saturated carbocycles. The monoisotopic (exact) mass is 259 g/mol. The minimum Gasteiger partial charge on any atom is -0.393 e. The molecule has 0 spiro atoms. The summed E-state index contributed by atoms with van der Waals surface area (Å²) in [6.45, 7) is 3.77. The van der Waals surface area contributed by atoms with E-state index in [1.807, 2.05) is 21.0 Å². The number of carbonyl (C=O) groups is 1. The molecule has 0 saturated heterocycles. The van der Waals surface area contributed by atoms with Gasteiger partial charge in [0.15, 0.2) is 0 Å². The Labute approximate surface area is 110 Å². The summed E-state index contributed by atoms with van der Waals surface area (Å²) in [5.41, 5.74) is 5.56. The molecule has 0 aromatic carbocycles. The molecule has 0 heterocycles. The number of rotatable bonds is 9. The van der Waals surface area contributed by atoms with Crippen LogP contribution in [0.15, 0.2) is 0 Å². The fourth-order valence-corrected chi connectivity index (χ4v) is 1.80. The van der Waals surface area contributed by atoms with Crippen LogP contribution in [0.5, 0.6) is 0 Å². The van der Waals surface area contributed by atoms with E-state index < -0.39 is 0 Å². The Morgan fingerprint density at radius 2 is 2.06 bits per heavy atom. The van der Waals surface area contributed by atoms with E-state index in [-0.39, 0.29) is 11.8 Å². The molecule has 0 bridgehead atoms. The molecule has 1 atom stereocenters. The van der Waals surface area contributed by atoms with Gasteiger partial charge in [0.25, 0.3) is 0 Å². The van der Waals surface area contributed by atoms with Gasteiger partial charge in [0.2, 0.25) is 5.91 Å². The normalized spacial score (nSPS) is 12.5. The maximum absolute atomic E-state index is 11.8. The summed E-state index contributed by atoms with van der Waals surface area (Å²) >= 11 is 4.90. The van der Waals surface area contributed by atoms with Crippen molar-refractivity contribution in [2.24, 2.45) is 11.7 Å². The molecule has 0 aliphatic rings. The van der Waals surface area contributed by atoms with E-state index in [9.17, 15) is 4.79 Å². The first-order chi connectivity index (χ1) is 7.99. The van der Waals surface area contributed by atoms with Crippen LogP contribution in [-0.2, 0) is 4.79 Å². The van der Waals surface area contributed by atoms with E-state index in [2.05, 4.69) is 10.2 Å². The van der Waals surface area contributed by atoms with Crippen LogP contribution in [-0.4, -0.2) is 43.0 Å². The predicted molar refractivity (Wildman–Crippen MR) is 76.0 cm³/mol. The number of unbranched alkanes of at least 4 members (excludes halogenated alkanes) is 1. The molecule has 0 radical (unpaired) electrons. The highest BCUT2D eigenvalue weighted by Crippen LogP contribution is 2.06. The first-order valence-corrected chi connectivity index (χ1v) is 6.61. The van der Waals surface area contributed by atoms with Gasteiger partial charge in [0.1, 0.15) is 0 Å². The molecule has 4 nitrogen and oxygen atoms in total. The van der Waals surface area contributed by atoms with E-state index in [0.29, 0.717) is 11.5 Å². The van der Waals surface area contributed by atoms with Crippen LogP contribution in [0.25, 0.3) is 0 Å². The van der Waals surface area contributed by atoms with Crippen molar-refractivity contribution < 1.29 is 4.79 Å². The third-order valence-corrected chi connectivity index (χ3v) is 2.85. The number of nitrogens with zero attached hydrogens (tertiary/aromatic N) is 1. The molecule has 1 amide bonds. The lowest BCUT2D eigenvalue weighted by molar-refractivity contribution is -0.123. The molecular formula is C12H25N3OS. The van der Waals surface area contributed by atoms with E-state index in [0.717, 1.165) is 32.2 Å². The maximum atomic E-state index is 11.8. The molecule has 3 N–H and O–H groups in total. The predicted octanol–water partition coefficient (Wildman–Crippen LogP) is 1.15. The van der Waals surface area contributed by atoms with Gasteiger partial charge in [-0.2, -0.15) is 0 Å². The van der Waals surface area contributed by atoms with Crippen LogP contribution in [0, 0.1) is 5.92 Å². The van der Waals surface area contributed by atoms with Gasteiger partial charge in [-0.05, 0) is 39.9 Å². The van der Waals surface area contributed by atoms with Crippen LogP contribution in [0.4, 0.5) is 0 Å². The Bertz CT molecular complexity index is 244. The zero-order valence-electron chi connectivity index (χ0n) is 11.2. The SMILES string of the molecule is CCCC(C(=O)NCCCCN(C)C)C(N)=S. The molecule has 17 heavy (non-hydrogen) atoms. The summed E-state index contributed by atoms with van der Waals surface area (Å²) in [5.74, 6) is -0.326. The third kappa shape index (κ3) is 8.10. The van der Waals surface area contributed by atoms with Crippen LogP contribution in [0.1, 0.15) is 32.6 Å². The van der Waals surface area contributed by atoms with Crippen LogP contribution >= 0.6 is 12.2 Å². The minimum atomic E-state index is -0.302. The zero-order chi connectivity index (χ0) is 13.3. The number of hydrogen-bond acceptors (Lipinski definition) is 3. The molecular weight excluding hydrogens is 234 g/mol. The summed E-state index contributed by atoms with van der Waals surface area (Å²) in [7, 11) is 4.09. The van der Waals surface area contributed by atoms with Gasteiger partial charge in [-0.1, -0.05) is 25.6 Å². The van der Waals surface area contributed by atoms with Crippen molar-refractivity contribution in [2.45, 2.75) is 32.6 Å². The molecule has 0 aliphatic heterocycles. The minimum absolute atomic E-state index is 0.0239. The number of hydrogen-bond donors (Lipinski definition) is 2. The molecule has 100 valence electrons. The molecule has 1 unspecified atom stereocenters. The number of amides is 1. The van der Waals surface area contributed by atoms with Gasteiger partial charge >= 0.3 is 0 Å². The first kappa shape index (κ1) is 16.3. The smallest absolute Gasteiger partial charge is 0.229 e. The van der Waals surface area contributed by atoms with Crippen molar-refractivity contribution in [1.29, 1.82) is 0 Å². The molecule has 0 rings (SSSR count). The Hall–Kier alpha value is -0.680. The van der Waals surface area contributed by atoms with Gasteiger partial charge in [0, 0.05) is 6.54 Å². The van der Waals surface area contributed by atoms with Gasteiger partial charge in [-0.25, -0.2) is 0 Å². The van der Waals surface area contributed by atoms with Crippen molar-refractivity contribution >= 4 is 23.1 Å². The second-order valence-electron chi connectivity index (χ2n) is 4.55. The fraction of sp³-hybridized carbons (Fsp3) is 0.833. The van der Waals surface area contributed by atoms with Gasteiger partial charge in [-0.15, -0.1) is 0 Å². The van der Waals surface area contributed by atoms with Gasteiger partial charge < -0.3 is 16.0 Å². The molecule has 0 aromatic rings. The highest BCUT2D eigenvalue weighted by molar-refractivity contribution is 7.80. The summed E-state index contributed by atoms with van der Waals surface area (Å²) in [6.07, 6.45) is 3.72. The fourth-order valence-electron chi connectivity index (χ4n) is 1.58. The summed E-state index contributed by atoms with van der Waals surface area (Å²) in [5, 5.41) is 2.90. The molecule has 0 aromatic heterocycles. The lowest BCUT2D eigenvalue weighted by Crippen LogP contribution is -2.38. The van der Waals surface area contributed by atoms with E-state index in [4.69, 9.17) is 18.0 Å². The average molecular weight is 259 g/mol. The summed E-state index contributed by atoms with van der Waals surface area (Å²) < 4.78 is 0. The largest absolute Gasteiger partial charge is 0.393 e. The number of nitrogens with one attached hydrogen (secondary N) is 1. The lowest BCUT2D eigenvalue weighted by Gasteiger charge is -2.15. The highest BCUT2D eigenvalue weighted by Gasteiger charge is 2.19. The molecule has 0 aliphatic carbocycles. The second-order valence-corrected chi connectivity index (χ2v) is 5.02. The topological polar surface area (TPSA) is 58.4 Å². The van der Waals surface area contributed by atoms with Crippen molar-refractivity contribution in [3.63, 3.8) is 0 Å². The third-order valence-electron chi connectivity index (χ3n) is 2.57. The Balaban J connectivity index is 3.79. The lowest BCUT2D eigenvalue weighted by atomic mass is 10.0. The average Bonchev–Trinajstić information content (AvgIpc) is 2.24. The van der Waals surface area contributed by atoms with Crippen LogP contribution in [0.3, 0.4) is 0 Å². The second kappa shape index (κ2) is 9.36. The van der Waals surface area contributed by atoms with Crippen LogP contribution in [0.2, 0.25) is 0 Å². The molecule has 5 heteroatoms. The Morgan fingerprint density at radius 1 is 1.41 bits per heavy atom. The number of nitrogens with two attached hydrogens (primary N) is 1. The molecule has 0 fully saturated rings. The van der Waals surface area contributed by atoms with E-state index in [1.54, 1.807) is 0 Å². The summed E-state index contributed by atoms with van der Waals surface area (Å²) in [4.78, 5) is 14.2. The number of thiocarbonyl (C=S) groups is 1. The van der Waals surface area contributed by atoms with E-state index >= 15 is 0 Å². The van der Waals surface area contributed by atoms with Crippen molar-refractivity contribution in [3.8, 4) is 0 Å². The van der Waals surface area contributed by atoms with Crippen molar-refractivity contribution in [3.05, 3.63) is 0 Å². The first-order valence-electron chi connectivity index (χ1n) is 6.20. The van der Waals surface area contributed by atoms with Gasteiger partial charge in [0.05, 0.1) is 10.9 Å². The maximum Gasteiger partial charge on any atom is 0.229 e. The zero-order valence-corrected chi connectivity index (χ0v) is 12.0. The van der Waals surface area contributed by atoms with Crippen LogP contribution < -0.4 is 11.1 Å².